The van der Waals surface area contributed by atoms with E-state index in [0.29, 0.717) is 12.2 Å². The van der Waals surface area contributed by atoms with Gasteiger partial charge in [0, 0.05) is 28.8 Å². The van der Waals surface area contributed by atoms with Crippen molar-refractivity contribution in [2.45, 2.75) is 38.8 Å². The molecule has 1 amide bonds. The number of aromatic nitrogens is 1. The van der Waals surface area contributed by atoms with E-state index in [0.717, 1.165) is 40.6 Å². The van der Waals surface area contributed by atoms with Crippen LogP contribution in [0.4, 0.5) is 4.39 Å². The highest BCUT2D eigenvalue weighted by molar-refractivity contribution is 5.99. The van der Waals surface area contributed by atoms with Gasteiger partial charge in [-0.3, -0.25) is 4.79 Å². The molecule has 0 spiro atoms. The minimum absolute atomic E-state index is 0.0978. The van der Waals surface area contributed by atoms with Crippen LogP contribution in [0.2, 0.25) is 0 Å². The molecule has 1 saturated heterocycles. The number of hydrogen-bond donors (Lipinski definition) is 2. The maximum atomic E-state index is 13.3. The summed E-state index contributed by atoms with van der Waals surface area (Å²) >= 11 is 0. The van der Waals surface area contributed by atoms with E-state index >= 15 is 0 Å². The minimum atomic E-state index is -0.301. The number of H-pyrrole nitrogens is 1. The number of aromatic amines is 1. The summed E-state index contributed by atoms with van der Waals surface area (Å²) in [6.07, 6.45) is 1.74. The standard InChI is InChI=1S/C22H23FN2O2/c1-13-14(2)24-19-10-7-16(12-18(13)19)22(26)25-21(20-4-3-11-27-20)15-5-8-17(23)9-6-15/h5-10,12,20-21,24H,3-4,11H2,1-2H3,(H,25,26)/t20-,21+/m1/s1. The fraction of sp³-hybridized carbons (Fsp3) is 0.318. The lowest BCUT2D eigenvalue weighted by Gasteiger charge is -2.25. The Morgan fingerprint density at radius 3 is 2.70 bits per heavy atom. The first kappa shape index (κ1) is 17.7. The Morgan fingerprint density at radius 2 is 2.00 bits per heavy atom. The summed E-state index contributed by atoms with van der Waals surface area (Å²) in [5.41, 5.74) is 4.73. The second-order valence-electron chi connectivity index (χ2n) is 7.19. The van der Waals surface area contributed by atoms with Crippen molar-refractivity contribution in [2.24, 2.45) is 0 Å². The molecule has 3 aromatic rings. The number of nitrogens with one attached hydrogen (secondary N) is 2. The molecule has 140 valence electrons. The van der Waals surface area contributed by atoms with Gasteiger partial charge in [0.1, 0.15) is 5.82 Å². The number of ether oxygens (including phenoxy) is 1. The predicted molar refractivity (Wildman–Crippen MR) is 103 cm³/mol. The van der Waals surface area contributed by atoms with E-state index in [2.05, 4.69) is 10.3 Å². The number of fused-ring (bicyclic) bond motifs is 1. The van der Waals surface area contributed by atoms with Crippen molar-refractivity contribution >= 4 is 16.8 Å². The second kappa shape index (κ2) is 7.16. The van der Waals surface area contributed by atoms with E-state index in [1.807, 2.05) is 32.0 Å². The lowest BCUT2D eigenvalue weighted by atomic mass is 9.98. The van der Waals surface area contributed by atoms with Crippen molar-refractivity contribution in [3.8, 4) is 0 Å². The fourth-order valence-electron chi connectivity index (χ4n) is 3.75. The van der Waals surface area contributed by atoms with Crippen molar-refractivity contribution in [3.63, 3.8) is 0 Å². The van der Waals surface area contributed by atoms with Crippen molar-refractivity contribution in [3.05, 3.63) is 70.7 Å². The van der Waals surface area contributed by atoms with Crippen LogP contribution in [0.3, 0.4) is 0 Å². The van der Waals surface area contributed by atoms with Gasteiger partial charge in [-0.2, -0.15) is 0 Å². The lowest BCUT2D eigenvalue weighted by molar-refractivity contribution is 0.0672. The number of aryl methyl sites for hydroxylation is 2. The monoisotopic (exact) mass is 366 g/mol. The number of amides is 1. The Bertz CT molecular complexity index is 972. The van der Waals surface area contributed by atoms with Gasteiger partial charge in [-0.25, -0.2) is 4.39 Å². The van der Waals surface area contributed by atoms with Crippen LogP contribution in [-0.2, 0) is 4.74 Å². The molecule has 2 N–H and O–H groups in total. The molecule has 0 unspecified atom stereocenters. The molecule has 4 nitrogen and oxygen atoms in total. The van der Waals surface area contributed by atoms with Gasteiger partial charge in [0.15, 0.2) is 0 Å². The molecular formula is C22H23FN2O2. The summed E-state index contributed by atoms with van der Waals surface area (Å²) in [6.45, 7) is 4.76. The largest absolute Gasteiger partial charge is 0.376 e. The van der Waals surface area contributed by atoms with Crippen LogP contribution < -0.4 is 5.32 Å². The van der Waals surface area contributed by atoms with Gasteiger partial charge in [-0.05, 0) is 68.1 Å². The van der Waals surface area contributed by atoms with E-state index in [9.17, 15) is 9.18 Å². The zero-order valence-corrected chi connectivity index (χ0v) is 15.5. The molecule has 1 aliphatic heterocycles. The maximum absolute atomic E-state index is 13.3. The molecule has 0 saturated carbocycles. The molecule has 2 atom stereocenters. The second-order valence-corrected chi connectivity index (χ2v) is 7.19. The van der Waals surface area contributed by atoms with Gasteiger partial charge in [0.2, 0.25) is 0 Å². The van der Waals surface area contributed by atoms with Crippen molar-refractivity contribution < 1.29 is 13.9 Å². The van der Waals surface area contributed by atoms with Crippen molar-refractivity contribution in [1.29, 1.82) is 0 Å². The Morgan fingerprint density at radius 1 is 1.22 bits per heavy atom. The van der Waals surface area contributed by atoms with Crippen LogP contribution >= 0.6 is 0 Å². The maximum Gasteiger partial charge on any atom is 0.251 e. The Hall–Kier alpha value is -2.66. The predicted octanol–water partition coefficient (Wildman–Crippen LogP) is 4.57. The van der Waals surface area contributed by atoms with Gasteiger partial charge < -0.3 is 15.0 Å². The average Bonchev–Trinajstić information content (AvgIpc) is 3.29. The summed E-state index contributed by atoms with van der Waals surface area (Å²) in [6, 6.07) is 11.6. The fourth-order valence-corrected chi connectivity index (χ4v) is 3.75. The molecular weight excluding hydrogens is 343 g/mol. The molecule has 4 rings (SSSR count). The van der Waals surface area contributed by atoms with Gasteiger partial charge >= 0.3 is 0 Å². The highest BCUT2D eigenvalue weighted by Gasteiger charge is 2.29. The quantitative estimate of drug-likeness (QED) is 0.710. The van der Waals surface area contributed by atoms with Crippen LogP contribution in [0.25, 0.3) is 10.9 Å². The first-order chi connectivity index (χ1) is 13.0. The van der Waals surface area contributed by atoms with Crippen molar-refractivity contribution in [1.82, 2.24) is 10.3 Å². The Kier molecular flexibility index (Phi) is 4.70. The molecule has 0 bridgehead atoms. The molecule has 2 aromatic carbocycles. The third-order valence-electron chi connectivity index (χ3n) is 5.42. The smallest absolute Gasteiger partial charge is 0.251 e. The molecule has 27 heavy (non-hydrogen) atoms. The Balaban J connectivity index is 1.63. The van der Waals surface area contributed by atoms with Gasteiger partial charge in [0.05, 0.1) is 12.1 Å². The summed E-state index contributed by atoms with van der Waals surface area (Å²) < 4.78 is 19.1. The number of carbonyl (C=O) groups excluding carboxylic acids is 1. The number of rotatable bonds is 4. The molecule has 0 radical (unpaired) electrons. The zero-order chi connectivity index (χ0) is 19.0. The van der Waals surface area contributed by atoms with Crippen LogP contribution in [0, 0.1) is 19.7 Å². The topological polar surface area (TPSA) is 54.1 Å². The van der Waals surface area contributed by atoms with Gasteiger partial charge in [-0.15, -0.1) is 0 Å². The van der Waals surface area contributed by atoms with Crippen molar-refractivity contribution in [2.75, 3.05) is 6.61 Å². The summed E-state index contributed by atoms with van der Waals surface area (Å²) in [4.78, 5) is 16.3. The van der Waals surface area contributed by atoms with E-state index in [4.69, 9.17) is 4.74 Å². The van der Waals surface area contributed by atoms with E-state index in [1.165, 1.54) is 12.1 Å². The molecule has 2 heterocycles. The lowest BCUT2D eigenvalue weighted by Crippen LogP contribution is -2.36. The molecule has 0 aliphatic carbocycles. The summed E-state index contributed by atoms with van der Waals surface area (Å²) in [7, 11) is 0. The molecule has 1 aromatic heterocycles. The van der Waals surface area contributed by atoms with E-state index in [1.54, 1.807) is 12.1 Å². The highest BCUT2D eigenvalue weighted by Crippen LogP contribution is 2.28. The molecule has 1 aliphatic rings. The van der Waals surface area contributed by atoms with E-state index in [-0.39, 0.29) is 23.9 Å². The summed E-state index contributed by atoms with van der Waals surface area (Å²) in [5, 5.41) is 4.16. The average molecular weight is 366 g/mol. The van der Waals surface area contributed by atoms with Crippen LogP contribution in [0.5, 0.6) is 0 Å². The molecule has 1 fully saturated rings. The van der Waals surface area contributed by atoms with Gasteiger partial charge in [0.25, 0.3) is 5.91 Å². The normalized spacial score (nSPS) is 18.0. The van der Waals surface area contributed by atoms with Crippen LogP contribution in [0.15, 0.2) is 42.5 Å². The van der Waals surface area contributed by atoms with Crippen LogP contribution in [-0.4, -0.2) is 23.6 Å². The third-order valence-corrected chi connectivity index (χ3v) is 5.42. The van der Waals surface area contributed by atoms with E-state index < -0.39 is 0 Å². The SMILES string of the molecule is Cc1[nH]c2ccc(C(=O)N[C@@H](c3ccc(F)cc3)[C@H]3CCCO3)cc2c1C. The number of hydrogen-bond acceptors (Lipinski definition) is 2. The third kappa shape index (κ3) is 3.47. The minimum Gasteiger partial charge on any atom is -0.376 e. The summed E-state index contributed by atoms with van der Waals surface area (Å²) in [5.74, 6) is -0.445. The first-order valence-electron chi connectivity index (χ1n) is 9.30. The number of benzene rings is 2. The molecule has 5 heteroatoms. The Labute approximate surface area is 157 Å². The zero-order valence-electron chi connectivity index (χ0n) is 15.5. The number of carbonyl (C=O) groups is 1. The van der Waals surface area contributed by atoms with Gasteiger partial charge in [-0.1, -0.05) is 12.1 Å². The first-order valence-corrected chi connectivity index (χ1v) is 9.30. The highest BCUT2D eigenvalue weighted by atomic mass is 19.1. The number of halogens is 1. The van der Waals surface area contributed by atoms with Crippen LogP contribution in [0.1, 0.15) is 46.1 Å².